The normalized spacial score (nSPS) is 23.2. The Morgan fingerprint density at radius 3 is 1.84 bits per heavy atom. The summed E-state index contributed by atoms with van der Waals surface area (Å²) in [5.74, 6) is -8.18. The van der Waals surface area contributed by atoms with Crippen LogP contribution in [-0.4, -0.2) is 79.7 Å². The molecule has 3 heterocycles. The predicted octanol–water partition coefficient (Wildman–Crippen LogP) is 5.44. The molecule has 2 fully saturated rings. The standard InChI is InChI=1S/C38H60N4O8/c1-11-14-18-41-31(44)26(21-37(7,8)27(34(47)48)24(4)35(49)50-13-3)29(33(41)46)38(9,10)22-25-28(36(5,6)12-2)32(45)42(30(25)43)19-15-17-40-20-16-39-23-40/h16,20,23-29H,11-15,17-19,21-22H2,1-10H3,(H,47,48). The predicted molar refractivity (Wildman–Crippen MR) is 187 cm³/mol. The minimum Gasteiger partial charge on any atom is -0.481 e. The lowest BCUT2D eigenvalue weighted by Gasteiger charge is -2.41. The average molecular weight is 701 g/mol. The average Bonchev–Trinajstić information content (AvgIpc) is 3.68. The lowest BCUT2D eigenvalue weighted by Crippen LogP contribution is -2.44. The van der Waals surface area contributed by atoms with Crippen LogP contribution in [0.3, 0.4) is 0 Å². The van der Waals surface area contributed by atoms with Gasteiger partial charge in [0.2, 0.25) is 23.6 Å². The van der Waals surface area contributed by atoms with Crippen LogP contribution in [0.15, 0.2) is 18.7 Å². The largest absolute Gasteiger partial charge is 0.481 e. The lowest BCUT2D eigenvalue weighted by atomic mass is 9.60. The molecule has 2 aliphatic rings. The van der Waals surface area contributed by atoms with Gasteiger partial charge in [-0.05, 0) is 48.9 Å². The summed E-state index contributed by atoms with van der Waals surface area (Å²) in [5.41, 5.74) is -2.52. The van der Waals surface area contributed by atoms with E-state index in [9.17, 15) is 33.9 Å². The van der Waals surface area contributed by atoms with Gasteiger partial charge in [-0.15, -0.1) is 0 Å². The minimum atomic E-state index is -1.18. The SMILES string of the molecule is CCCCN1C(=O)C(CC(C)(C)C(C(=O)O)C(C)C(=O)OCC)C(C(C)(C)CC2C(=O)N(CCCn3ccnc3)C(=O)C2C(C)(C)CC)C1=O. The molecule has 6 atom stereocenters. The maximum absolute atomic E-state index is 14.3. The molecule has 1 aromatic heterocycles. The van der Waals surface area contributed by atoms with Crippen molar-refractivity contribution in [1.29, 1.82) is 0 Å². The van der Waals surface area contributed by atoms with E-state index in [0.29, 0.717) is 25.8 Å². The molecule has 2 aliphatic heterocycles. The van der Waals surface area contributed by atoms with Crippen LogP contribution >= 0.6 is 0 Å². The van der Waals surface area contributed by atoms with E-state index in [4.69, 9.17) is 4.74 Å². The molecule has 2 saturated heterocycles. The fourth-order valence-corrected chi connectivity index (χ4v) is 8.58. The molecule has 12 heteroatoms. The first-order valence-electron chi connectivity index (χ1n) is 18.3. The lowest BCUT2D eigenvalue weighted by molar-refractivity contribution is -0.162. The van der Waals surface area contributed by atoms with Crippen molar-refractivity contribution in [2.75, 3.05) is 19.7 Å². The summed E-state index contributed by atoms with van der Waals surface area (Å²) in [4.78, 5) is 88.9. The van der Waals surface area contributed by atoms with E-state index < -0.39 is 63.7 Å². The number of amides is 4. The fourth-order valence-electron chi connectivity index (χ4n) is 8.58. The number of nitrogens with zero attached hydrogens (tertiary/aromatic N) is 4. The third-order valence-corrected chi connectivity index (χ3v) is 11.5. The summed E-state index contributed by atoms with van der Waals surface area (Å²) in [6.45, 7) is 19.6. The van der Waals surface area contributed by atoms with Crippen LogP contribution in [0.25, 0.3) is 0 Å². The number of aryl methyl sites for hydroxylation is 1. The van der Waals surface area contributed by atoms with E-state index in [1.54, 1.807) is 33.3 Å². The number of hydrogen-bond donors (Lipinski definition) is 1. The first kappa shape index (κ1) is 40.9. The highest BCUT2D eigenvalue weighted by atomic mass is 16.5. The van der Waals surface area contributed by atoms with Gasteiger partial charge in [0.15, 0.2) is 0 Å². The number of ether oxygens (including phenoxy) is 1. The van der Waals surface area contributed by atoms with Crippen molar-refractivity contribution in [1.82, 2.24) is 19.4 Å². The van der Waals surface area contributed by atoms with E-state index in [0.717, 1.165) is 6.42 Å². The second-order valence-electron chi connectivity index (χ2n) is 16.4. The summed E-state index contributed by atoms with van der Waals surface area (Å²) in [5, 5.41) is 10.3. The molecule has 6 unspecified atom stereocenters. The molecule has 0 aliphatic carbocycles. The number of rotatable bonds is 19. The quantitative estimate of drug-likeness (QED) is 0.147. The molecule has 0 radical (unpaired) electrons. The Morgan fingerprint density at radius 1 is 0.820 bits per heavy atom. The molecule has 50 heavy (non-hydrogen) atoms. The summed E-state index contributed by atoms with van der Waals surface area (Å²) in [7, 11) is 0. The Morgan fingerprint density at radius 2 is 1.36 bits per heavy atom. The summed E-state index contributed by atoms with van der Waals surface area (Å²) >= 11 is 0. The summed E-state index contributed by atoms with van der Waals surface area (Å²) in [6.07, 6.45) is 8.06. The number of carboxylic acid groups (broad SMARTS) is 1. The molecule has 12 nitrogen and oxygen atoms in total. The zero-order valence-electron chi connectivity index (χ0n) is 31.9. The Labute approximate surface area is 297 Å². The molecule has 0 saturated carbocycles. The smallest absolute Gasteiger partial charge is 0.309 e. The molecule has 0 bridgehead atoms. The van der Waals surface area contributed by atoms with Gasteiger partial charge in [-0.1, -0.05) is 75.2 Å². The molecule has 1 N–H and O–H groups in total. The zero-order valence-corrected chi connectivity index (χ0v) is 31.9. The number of carboxylic acids is 1. The van der Waals surface area contributed by atoms with E-state index in [-0.39, 0.29) is 56.2 Å². The van der Waals surface area contributed by atoms with Crippen molar-refractivity contribution in [3.63, 3.8) is 0 Å². The molecule has 3 rings (SSSR count). The molecule has 0 aromatic carbocycles. The number of imide groups is 2. The van der Waals surface area contributed by atoms with E-state index in [1.165, 1.54) is 16.7 Å². The topological polar surface area (TPSA) is 156 Å². The van der Waals surface area contributed by atoms with Crippen LogP contribution in [-0.2, 0) is 40.0 Å². The third-order valence-electron chi connectivity index (χ3n) is 11.5. The van der Waals surface area contributed by atoms with Gasteiger partial charge >= 0.3 is 11.9 Å². The number of esters is 1. The molecule has 280 valence electrons. The molecule has 4 amide bonds. The monoisotopic (exact) mass is 700 g/mol. The summed E-state index contributed by atoms with van der Waals surface area (Å²) < 4.78 is 7.07. The maximum Gasteiger partial charge on any atom is 0.309 e. The van der Waals surface area contributed by atoms with Crippen molar-refractivity contribution in [2.24, 2.45) is 51.8 Å². The highest BCUT2D eigenvalue weighted by Gasteiger charge is 2.60. The second-order valence-corrected chi connectivity index (χ2v) is 16.4. The van der Waals surface area contributed by atoms with Crippen LogP contribution in [0, 0.1) is 51.8 Å². The van der Waals surface area contributed by atoms with Crippen molar-refractivity contribution in [3.8, 4) is 0 Å². The Bertz CT molecular complexity index is 1400. The zero-order chi connectivity index (χ0) is 37.8. The van der Waals surface area contributed by atoms with Crippen molar-refractivity contribution >= 4 is 35.6 Å². The molecular weight excluding hydrogens is 640 g/mol. The first-order valence-corrected chi connectivity index (χ1v) is 18.3. The van der Waals surface area contributed by atoms with Crippen LogP contribution in [0.2, 0.25) is 0 Å². The van der Waals surface area contributed by atoms with Crippen LogP contribution < -0.4 is 0 Å². The summed E-state index contributed by atoms with van der Waals surface area (Å²) in [6, 6.07) is 0. The number of aromatic nitrogens is 2. The number of imidazole rings is 1. The number of likely N-dealkylation sites (tertiary alicyclic amines) is 2. The fraction of sp³-hybridized carbons (Fsp3) is 0.763. The van der Waals surface area contributed by atoms with Gasteiger partial charge in [-0.3, -0.25) is 38.6 Å². The van der Waals surface area contributed by atoms with Crippen LogP contribution in [0.4, 0.5) is 0 Å². The van der Waals surface area contributed by atoms with Gasteiger partial charge in [-0.2, -0.15) is 0 Å². The second kappa shape index (κ2) is 16.2. The molecular formula is C38H60N4O8. The van der Waals surface area contributed by atoms with E-state index >= 15 is 0 Å². The van der Waals surface area contributed by atoms with Gasteiger partial charge in [0.05, 0.1) is 48.4 Å². The van der Waals surface area contributed by atoms with Crippen LogP contribution in [0.1, 0.15) is 108 Å². The van der Waals surface area contributed by atoms with Gasteiger partial charge in [0.1, 0.15) is 0 Å². The van der Waals surface area contributed by atoms with E-state index in [2.05, 4.69) is 4.98 Å². The molecule has 1 aromatic rings. The highest BCUT2D eigenvalue weighted by molar-refractivity contribution is 6.07. The number of unbranched alkanes of at least 4 members (excludes halogenated alkanes) is 1. The van der Waals surface area contributed by atoms with Crippen molar-refractivity contribution in [3.05, 3.63) is 18.7 Å². The van der Waals surface area contributed by atoms with Crippen molar-refractivity contribution in [2.45, 2.75) is 114 Å². The number of carbonyl (C=O) groups excluding carboxylic acids is 5. The van der Waals surface area contributed by atoms with E-state index in [1.807, 2.05) is 52.3 Å². The first-order chi connectivity index (χ1) is 23.3. The Balaban J connectivity index is 2.01. The Kier molecular flexibility index (Phi) is 13.2. The van der Waals surface area contributed by atoms with Gasteiger partial charge in [0.25, 0.3) is 0 Å². The minimum absolute atomic E-state index is 0.0385. The van der Waals surface area contributed by atoms with Gasteiger partial charge in [-0.25, -0.2) is 4.98 Å². The third kappa shape index (κ3) is 8.48. The van der Waals surface area contributed by atoms with Crippen LogP contribution in [0.5, 0.6) is 0 Å². The Hall–Kier alpha value is -3.57. The highest BCUT2D eigenvalue weighted by Crippen LogP contribution is 2.53. The number of carbonyl (C=O) groups is 6. The molecule has 0 spiro atoms. The van der Waals surface area contributed by atoms with Crippen molar-refractivity contribution < 1.29 is 38.6 Å². The van der Waals surface area contributed by atoms with Gasteiger partial charge < -0.3 is 14.4 Å². The maximum atomic E-state index is 14.3. The number of hydrogen-bond acceptors (Lipinski definition) is 8. The number of aliphatic carboxylic acids is 1. The van der Waals surface area contributed by atoms with Gasteiger partial charge in [0, 0.05) is 32.0 Å².